The molecule has 0 radical (unpaired) electrons. The molecule has 0 spiro atoms. The van der Waals surface area contributed by atoms with Gasteiger partial charge in [-0.3, -0.25) is 4.90 Å². The molecule has 1 heterocycles. The first-order valence-corrected chi connectivity index (χ1v) is 6.32. The van der Waals surface area contributed by atoms with E-state index in [4.69, 9.17) is 5.73 Å². The predicted molar refractivity (Wildman–Crippen MR) is 70.2 cm³/mol. The van der Waals surface area contributed by atoms with Crippen molar-refractivity contribution in [3.05, 3.63) is 35.4 Å². The van der Waals surface area contributed by atoms with Crippen LogP contribution in [-0.4, -0.2) is 37.6 Å². The van der Waals surface area contributed by atoms with Gasteiger partial charge in [0, 0.05) is 13.1 Å². The monoisotopic (exact) mass is 248 g/mol. The molecule has 0 aromatic heterocycles. The standard InChI is InChI=1S/C14H20N2O2/c1-18-14(17)13-4-2-11(3-5-13)9-16-7-6-12(8-15)10-16/h2-5,12H,6-10,15H2,1H3. The summed E-state index contributed by atoms with van der Waals surface area (Å²) in [6, 6.07) is 7.61. The van der Waals surface area contributed by atoms with Crippen molar-refractivity contribution in [1.29, 1.82) is 0 Å². The number of carbonyl (C=O) groups is 1. The minimum Gasteiger partial charge on any atom is -0.465 e. The van der Waals surface area contributed by atoms with Crippen molar-refractivity contribution >= 4 is 5.97 Å². The molecule has 4 heteroatoms. The zero-order valence-electron chi connectivity index (χ0n) is 10.8. The van der Waals surface area contributed by atoms with Crippen LogP contribution in [0.5, 0.6) is 0 Å². The third-order valence-corrected chi connectivity index (χ3v) is 3.48. The highest BCUT2D eigenvalue weighted by Crippen LogP contribution is 2.18. The predicted octanol–water partition coefficient (Wildman–Crippen LogP) is 1.25. The second kappa shape index (κ2) is 5.98. The smallest absolute Gasteiger partial charge is 0.337 e. The third kappa shape index (κ3) is 3.09. The van der Waals surface area contributed by atoms with Crippen LogP contribution in [0.4, 0.5) is 0 Å². The van der Waals surface area contributed by atoms with Crippen molar-refractivity contribution < 1.29 is 9.53 Å². The van der Waals surface area contributed by atoms with E-state index in [2.05, 4.69) is 9.64 Å². The zero-order valence-corrected chi connectivity index (χ0v) is 10.8. The molecule has 18 heavy (non-hydrogen) atoms. The summed E-state index contributed by atoms with van der Waals surface area (Å²) < 4.78 is 4.67. The summed E-state index contributed by atoms with van der Waals surface area (Å²) >= 11 is 0. The Morgan fingerprint density at radius 1 is 1.44 bits per heavy atom. The third-order valence-electron chi connectivity index (χ3n) is 3.48. The van der Waals surface area contributed by atoms with Crippen LogP contribution in [0.1, 0.15) is 22.3 Å². The molecular weight excluding hydrogens is 228 g/mol. The lowest BCUT2D eigenvalue weighted by Crippen LogP contribution is -2.22. The number of carbonyl (C=O) groups excluding carboxylic acids is 1. The van der Waals surface area contributed by atoms with Crippen LogP contribution in [0.15, 0.2) is 24.3 Å². The summed E-state index contributed by atoms with van der Waals surface area (Å²) in [6.45, 7) is 3.89. The lowest BCUT2D eigenvalue weighted by Gasteiger charge is -2.15. The molecule has 1 aliphatic rings. The minimum absolute atomic E-state index is 0.286. The second-order valence-corrected chi connectivity index (χ2v) is 4.81. The fourth-order valence-electron chi connectivity index (χ4n) is 2.37. The molecule has 98 valence electrons. The van der Waals surface area contributed by atoms with Crippen molar-refractivity contribution in [2.75, 3.05) is 26.7 Å². The SMILES string of the molecule is COC(=O)c1ccc(CN2CCC(CN)C2)cc1. The lowest BCUT2D eigenvalue weighted by atomic mass is 10.1. The fourth-order valence-corrected chi connectivity index (χ4v) is 2.37. The summed E-state index contributed by atoms with van der Waals surface area (Å²) in [7, 11) is 1.40. The van der Waals surface area contributed by atoms with Gasteiger partial charge < -0.3 is 10.5 Å². The van der Waals surface area contributed by atoms with Crippen LogP contribution >= 0.6 is 0 Å². The van der Waals surface area contributed by atoms with Gasteiger partial charge in [0.25, 0.3) is 0 Å². The molecule has 1 aromatic rings. The largest absolute Gasteiger partial charge is 0.465 e. The number of nitrogens with two attached hydrogens (primary N) is 1. The van der Waals surface area contributed by atoms with E-state index in [1.807, 2.05) is 24.3 Å². The van der Waals surface area contributed by atoms with E-state index in [-0.39, 0.29) is 5.97 Å². The average Bonchev–Trinajstić information content (AvgIpc) is 2.86. The molecule has 1 unspecified atom stereocenters. The molecule has 1 aromatic carbocycles. The van der Waals surface area contributed by atoms with E-state index in [9.17, 15) is 4.79 Å². The highest BCUT2D eigenvalue weighted by Gasteiger charge is 2.20. The number of likely N-dealkylation sites (tertiary alicyclic amines) is 1. The van der Waals surface area contributed by atoms with Crippen LogP contribution in [0.3, 0.4) is 0 Å². The average molecular weight is 248 g/mol. The highest BCUT2D eigenvalue weighted by atomic mass is 16.5. The van der Waals surface area contributed by atoms with E-state index in [1.165, 1.54) is 19.1 Å². The summed E-state index contributed by atoms with van der Waals surface area (Å²) in [5.41, 5.74) is 7.50. The molecule has 1 saturated heterocycles. The Kier molecular flexibility index (Phi) is 4.33. The van der Waals surface area contributed by atoms with Crippen molar-refractivity contribution in [1.82, 2.24) is 4.90 Å². The number of benzene rings is 1. The summed E-state index contributed by atoms with van der Waals surface area (Å²) in [5.74, 6) is 0.352. The Morgan fingerprint density at radius 3 is 2.72 bits per heavy atom. The fraction of sp³-hybridized carbons (Fsp3) is 0.500. The Bertz CT molecular complexity index is 403. The van der Waals surface area contributed by atoms with Crippen LogP contribution < -0.4 is 5.73 Å². The van der Waals surface area contributed by atoms with Gasteiger partial charge in [-0.15, -0.1) is 0 Å². The van der Waals surface area contributed by atoms with E-state index >= 15 is 0 Å². The Labute approximate surface area is 108 Å². The Balaban J connectivity index is 1.92. The number of hydrogen-bond donors (Lipinski definition) is 1. The first-order chi connectivity index (χ1) is 8.72. The van der Waals surface area contributed by atoms with Crippen LogP contribution in [0.25, 0.3) is 0 Å². The molecule has 0 bridgehead atoms. The molecule has 0 aliphatic carbocycles. The van der Waals surface area contributed by atoms with Crippen molar-refractivity contribution in [3.63, 3.8) is 0 Å². The summed E-state index contributed by atoms with van der Waals surface area (Å²) in [4.78, 5) is 13.7. The van der Waals surface area contributed by atoms with E-state index < -0.39 is 0 Å². The number of rotatable bonds is 4. The van der Waals surface area contributed by atoms with Crippen molar-refractivity contribution in [2.24, 2.45) is 11.7 Å². The van der Waals surface area contributed by atoms with E-state index in [1.54, 1.807) is 0 Å². The maximum Gasteiger partial charge on any atom is 0.337 e. The summed E-state index contributed by atoms with van der Waals surface area (Å²) in [6.07, 6.45) is 1.19. The zero-order chi connectivity index (χ0) is 13.0. The van der Waals surface area contributed by atoms with Crippen LogP contribution in [-0.2, 0) is 11.3 Å². The van der Waals surface area contributed by atoms with Gasteiger partial charge in [0.05, 0.1) is 12.7 Å². The molecule has 4 nitrogen and oxygen atoms in total. The number of ether oxygens (including phenoxy) is 1. The Hall–Kier alpha value is -1.39. The summed E-state index contributed by atoms with van der Waals surface area (Å²) in [5, 5.41) is 0. The van der Waals surface area contributed by atoms with Crippen molar-refractivity contribution in [2.45, 2.75) is 13.0 Å². The maximum absolute atomic E-state index is 11.3. The van der Waals surface area contributed by atoms with Gasteiger partial charge in [-0.05, 0) is 43.1 Å². The van der Waals surface area contributed by atoms with E-state index in [0.717, 1.165) is 26.2 Å². The van der Waals surface area contributed by atoms with Gasteiger partial charge in [-0.1, -0.05) is 12.1 Å². The molecule has 2 N–H and O–H groups in total. The van der Waals surface area contributed by atoms with Crippen molar-refractivity contribution in [3.8, 4) is 0 Å². The van der Waals surface area contributed by atoms with Gasteiger partial charge in [-0.2, -0.15) is 0 Å². The molecule has 2 rings (SSSR count). The number of nitrogens with zero attached hydrogens (tertiary/aromatic N) is 1. The van der Waals surface area contributed by atoms with Gasteiger partial charge in [0.15, 0.2) is 0 Å². The van der Waals surface area contributed by atoms with E-state index in [0.29, 0.717) is 11.5 Å². The number of methoxy groups -OCH3 is 1. The highest BCUT2D eigenvalue weighted by molar-refractivity contribution is 5.89. The van der Waals surface area contributed by atoms with Gasteiger partial charge >= 0.3 is 5.97 Å². The molecule has 0 amide bonds. The topological polar surface area (TPSA) is 55.6 Å². The number of hydrogen-bond acceptors (Lipinski definition) is 4. The van der Waals surface area contributed by atoms with Crippen LogP contribution in [0, 0.1) is 5.92 Å². The second-order valence-electron chi connectivity index (χ2n) is 4.81. The Morgan fingerprint density at radius 2 is 2.17 bits per heavy atom. The lowest BCUT2D eigenvalue weighted by molar-refractivity contribution is 0.0600. The van der Waals surface area contributed by atoms with Crippen LogP contribution in [0.2, 0.25) is 0 Å². The normalized spacial score (nSPS) is 20.0. The molecule has 1 aliphatic heterocycles. The number of esters is 1. The molecule has 1 atom stereocenters. The van der Waals surface area contributed by atoms with Gasteiger partial charge in [-0.25, -0.2) is 4.79 Å². The quantitative estimate of drug-likeness (QED) is 0.815. The first-order valence-electron chi connectivity index (χ1n) is 6.32. The first kappa shape index (κ1) is 13.1. The molecular formula is C14H20N2O2. The molecule has 1 fully saturated rings. The van der Waals surface area contributed by atoms with Gasteiger partial charge in [0.2, 0.25) is 0 Å². The minimum atomic E-state index is -0.286. The maximum atomic E-state index is 11.3. The van der Waals surface area contributed by atoms with Gasteiger partial charge in [0.1, 0.15) is 0 Å². The molecule has 0 saturated carbocycles.